The number of hydrogen-bond donors (Lipinski definition) is 1. The van der Waals surface area contributed by atoms with Crippen LogP contribution >= 0.6 is 35.3 Å². The molecule has 0 fully saturated rings. The Bertz CT molecular complexity index is 930. The molecule has 7 heteroatoms. The average Bonchev–Trinajstić information content (AvgIpc) is 3.04. The van der Waals surface area contributed by atoms with Gasteiger partial charge in [0.25, 0.3) is 5.91 Å². The van der Waals surface area contributed by atoms with E-state index in [9.17, 15) is 4.79 Å². The smallest absolute Gasteiger partial charge is 0.257 e. The molecule has 0 saturated heterocycles. The van der Waals surface area contributed by atoms with E-state index in [0.717, 1.165) is 31.7 Å². The van der Waals surface area contributed by atoms with Crippen LogP contribution in [-0.4, -0.2) is 22.3 Å². The zero-order valence-electron chi connectivity index (χ0n) is 14.5. The maximum absolute atomic E-state index is 12.4. The summed E-state index contributed by atoms with van der Waals surface area (Å²) in [4.78, 5) is 20.6. The highest BCUT2D eigenvalue weighted by Crippen LogP contribution is 2.29. The standard InChI is InChI=1S/C20H18ClN3OS.ClH/c21-16-8-4-7-15(11-16)19(25)23-20-22-17-9-10-24(13-18(17)26-20)12-14-5-2-1-3-6-14;/h1-8,11H,9-10,12-13H2,(H,22,23,25);1H. The van der Waals surface area contributed by atoms with Gasteiger partial charge in [-0.1, -0.05) is 48.0 Å². The van der Waals surface area contributed by atoms with Gasteiger partial charge in [0.05, 0.1) is 5.69 Å². The first-order valence-corrected chi connectivity index (χ1v) is 9.68. The van der Waals surface area contributed by atoms with Crippen LogP contribution in [0.15, 0.2) is 54.6 Å². The summed E-state index contributed by atoms with van der Waals surface area (Å²) in [5.74, 6) is -0.181. The third-order valence-corrected chi connectivity index (χ3v) is 5.60. The lowest BCUT2D eigenvalue weighted by molar-refractivity contribution is 0.102. The molecule has 140 valence electrons. The molecule has 0 atom stereocenters. The summed E-state index contributed by atoms with van der Waals surface area (Å²) in [6.45, 7) is 2.78. The number of thiazole rings is 1. The summed E-state index contributed by atoms with van der Waals surface area (Å²) in [7, 11) is 0. The summed E-state index contributed by atoms with van der Waals surface area (Å²) < 4.78 is 0. The quantitative estimate of drug-likeness (QED) is 0.644. The fourth-order valence-electron chi connectivity index (χ4n) is 3.08. The molecule has 0 radical (unpaired) electrons. The first-order chi connectivity index (χ1) is 12.7. The Morgan fingerprint density at radius 2 is 2.00 bits per heavy atom. The van der Waals surface area contributed by atoms with Crippen molar-refractivity contribution in [2.75, 3.05) is 11.9 Å². The summed E-state index contributed by atoms with van der Waals surface area (Å²) in [6, 6.07) is 17.4. The number of nitrogens with zero attached hydrogens (tertiary/aromatic N) is 2. The highest BCUT2D eigenvalue weighted by molar-refractivity contribution is 7.15. The van der Waals surface area contributed by atoms with E-state index in [2.05, 4.69) is 39.5 Å². The molecule has 0 saturated carbocycles. The number of anilines is 1. The van der Waals surface area contributed by atoms with Crippen molar-refractivity contribution < 1.29 is 4.79 Å². The minimum atomic E-state index is -0.181. The molecular weight excluding hydrogens is 401 g/mol. The Labute approximate surface area is 173 Å². The molecule has 1 aliphatic heterocycles. The van der Waals surface area contributed by atoms with Crippen LogP contribution in [-0.2, 0) is 19.5 Å². The number of amides is 1. The van der Waals surface area contributed by atoms with Gasteiger partial charge in [-0.25, -0.2) is 4.98 Å². The van der Waals surface area contributed by atoms with Crippen LogP contribution in [0.4, 0.5) is 5.13 Å². The molecule has 1 aromatic heterocycles. The predicted octanol–water partition coefficient (Wildman–Crippen LogP) is 5.03. The molecule has 0 spiro atoms. The van der Waals surface area contributed by atoms with Gasteiger partial charge in [-0.2, -0.15) is 0 Å². The van der Waals surface area contributed by atoms with E-state index in [1.807, 2.05) is 6.07 Å². The Hall–Kier alpha value is -1.92. The van der Waals surface area contributed by atoms with Crippen molar-refractivity contribution in [1.29, 1.82) is 0 Å². The molecule has 0 bridgehead atoms. The summed E-state index contributed by atoms with van der Waals surface area (Å²) in [5.41, 5.74) is 2.95. The van der Waals surface area contributed by atoms with E-state index in [1.165, 1.54) is 10.4 Å². The van der Waals surface area contributed by atoms with Crippen LogP contribution < -0.4 is 5.32 Å². The minimum absolute atomic E-state index is 0. The van der Waals surface area contributed by atoms with Crippen molar-refractivity contribution in [2.45, 2.75) is 19.5 Å². The van der Waals surface area contributed by atoms with Crippen molar-refractivity contribution in [2.24, 2.45) is 0 Å². The Kier molecular flexibility index (Phi) is 6.50. The van der Waals surface area contributed by atoms with Gasteiger partial charge >= 0.3 is 0 Å². The van der Waals surface area contributed by atoms with Crippen LogP contribution in [0.2, 0.25) is 5.02 Å². The van der Waals surface area contributed by atoms with Crippen molar-refractivity contribution in [3.05, 3.63) is 81.3 Å². The maximum Gasteiger partial charge on any atom is 0.257 e. The number of benzene rings is 2. The first kappa shape index (κ1) is 19.8. The van der Waals surface area contributed by atoms with Crippen LogP contribution in [0.3, 0.4) is 0 Å². The molecule has 2 heterocycles. The SMILES string of the molecule is Cl.O=C(Nc1nc2c(s1)CN(Cc1ccccc1)CC2)c1cccc(Cl)c1. The van der Waals surface area contributed by atoms with Gasteiger partial charge in [0, 0.05) is 41.5 Å². The van der Waals surface area contributed by atoms with E-state index < -0.39 is 0 Å². The van der Waals surface area contributed by atoms with Gasteiger partial charge in [0.1, 0.15) is 0 Å². The van der Waals surface area contributed by atoms with Gasteiger partial charge in [0.15, 0.2) is 5.13 Å². The van der Waals surface area contributed by atoms with Crippen molar-refractivity contribution in [1.82, 2.24) is 9.88 Å². The van der Waals surface area contributed by atoms with Gasteiger partial charge in [-0.15, -0.1) is 23.7 Å². The van der Waals surface area contributed by atoms with Crippen LogP contribution in [0.1, 0.15) is 26.5 Å². The number of fused-ring (bicyclic) bond motifs is 1. The molecule has 0 unspecified atom stereocenters. The second-order valence-corrected chi connectivity index (χ2v) is 7.82. The summed E-state index contributed by atoms with van der Waals surface area (Å²) in [5, 5.41) is 4.10. The minimum Gasteiger partial charge on any atom is -0.298 e. The molecule has 4 rings (SSSR count). The van der Waals surface area contributed by atoms with Gasteiger partial charge in [-0.05, 0) is 23.8 Å². The maximum atomic E-state index is 12.4. The lowest BCUT2D eigenvalue weighted by Crippen LogP contribution is -2.29. The number of carbonyl (C=O) groups is 1. The number of aromatic nitrogens is 1. The molecule has 27 heavy (non-hydrogen) atoms. The average molecular weight is 420 g/mol. The monoisotopic (exact) mass is 419 g/mol. The molecule has 1 N–H and O–H groups in total. The normalized spacial score (nSPS) is 13.5. The van der Waals surface area contributed by atoms with E-state index in [0.29, 0.717) is 15.7 Å². The lowest BCUT2D eigenvalue weighted by Gasteiger charge is -2.25. The van der Waals surface area contributed by atoms with Crippen LogP contribution in [0.25, 0.3) is 0 Å². The van der Waals surface area contributed by atoms with E-state index in [1.54, 1.807) is 35.6 Å². The molecular formula is C20H19Cl2N3OS. The number of halogens is 2. The molecule has 1 amide bonds. The second-order valence-electron chi connectivity index (χ2n) is 6.30. The third-order valence-electron chi connectivity index (χ3n) is 4.37. The Morgan fingerprint density at radius 3 is 2.78 bits per heavy atom. The summed E-state index contributed by atoms with van der Waals surface area (Å²) >= 11 is 7.52. The molecule has 3 aromatic rings. The lowest BCUT2D eigenvalue weighted by atomic mass is 10.1. The van der Waals surface area contributed by atoms with Gasteiger partial charge in [-0.3, -0.25) is 15.0 Å². The van der Waals surface area contributed by atoms with E-state index in [4.69, 9.17) is 11.6 Å². The van der Waals surface area contributed by atoms with Gasteiger partial charge < -0.3 is 0 Å². The van der Waals surface area contributed by atoms with Crippen molar-refractivity contribution >= 4 is 46.4 Å². The van der Waals surface area contributed by atoms with E-state index >= 15 is 0 Å². The molecule has 2 aromatic carbocycles. The number of carbonyl (C=O) groups excluding carboxylic acids is 1. The number of hydrogen-bond acceptors (Lipinski definition) is 4. The van der Waals surface area contributed by atoms with Crippen molar-refractivity contribution in [3.63, 3.8) is 0 Å². The predicted molar refractivity (Wildman–Crippen MR) is 113 cm³/mol. The van der Waals surface area contributed by atoms with Crippen LogP contribution in [0, 0.1) is 0 Å². The Balaban J connectivity index is 0.00000210. The third kappa shape index (κ3) is 4.87. The fourth-order valence-corrected chi connectivity index (χ4v) is 4.31. The van der Waals surface area contributed by atoms with Crippen LogP contribution in [0.5, 0.6) is 0 Å². The molecule has 4 nitrogen and oxygen atoms in total. The fraction of sp³-hybridized carbons (Fsp3) is 0.200. The second kappa shape index (κ2) is 8.85. The van der Waals surface area contributed by atoms with Crippen molar-refractivity contribution in [3.8, 4) is 0 Å². The summed E-state index contributed by atoms with van der Waals surface area (Å²) in [6.07, 6.45) is 0.908. The van der Waals surface area contributed by atoms with E-state index in [-0.39, 0.29) is 18.3 Å². The largest absolute Gasteiger partial charge is 0.298 e. The number of nitrogens with one attached hydrogen (secondary N) is 1. The first-order valence-electron chi connectivity index (χ1n) is 8.49. The molecule has 1 aliphatic rings. The highest BCUT2D eigenvalue weighted by atomic mass is 35.5. The molecule has 0 aliphatic carbocycles. The zero-order chi connectivity index (χ0) is 17.9. The number of rotatable bonds is 4. The highest BCUT2D eigenvalue weighted by Gasteiger charge is 2.21. The topological polar surface area (TPSA) is 45.2 Å². The van der Waals surface area contributed by atoms with Gasteiger partial charge in [0.2, 0.25) is 0 Å². The Morgan fingerprint density at radius 1 is 1.19 bits per heavy atom. The zero-order valence-corrected chi connectivity index (χ0v) is 16.9.